The molecule has 5 nitrogen and oxygen atoms in total. The van der Waals surface area contributed by atoms with Gasteiger partial charge in [-0.15, -0.1) is 11.3 Å². The minimum absolute atomic E-state index is 0.0341. The van der Waals surface area contributed by atoms with Gasteiger partial charge in [-0.2, -0.15) is 0 Å². The van der Waals surface area contributed by atoms with E-state index in [-0.39, 0.29) is 11.6 Å². The second-order valence-corrected chi connectivity index (χ2v) is 7.17. The zero-order valence-corrected chi connectivity index (χ0v) is 13.9. The number of nitro benzene ring substituents is 1. The fourth-order valence-electron chi connectivity index (χ4n) is 1.90. The number of hydrogen-bond donors (Lipinski definition) is 0. The minimum atomic E-state index is -0.470. The predicted molar refractivity (Wildman–Crippen MR) is 85.6 cm³/mol. The Morgan fingerprint density at radius 3 is 2.67 bits per heavy atom. The number of thiophene rings is 1. The number of nitrogens with zero attached hydrogens (tertiary/aromatic N) is 2. The molecule has 0 unspecified atom stereocenters. The fraction of sp³-hybridized carbons (Fsp3) is 0.214. The summed E-state index contributed by atoms with van der Waals surface area (Å²) < 4.78 is 1.00. The number of aryl methyl sites for hydroxylation is 1. The van der Waals surface area contributed by atoms with Crippen LogP contribution in [0, 0.1) is 17.0 Å². The highest BCUT2D eigenvalue weighted by Gasteiger charge is 2.18. The van der Waals surface area contributed by atoms with E-state index in [1.165, 1.54) is 6.07 Å². The first-order valence-corrected chi connectivity index (χ1v) is 7.74. The topological polar surface area (TPSA) is 63.5 Å². The molecule has 1 heterocycles. The van der Waals surface area contributed by atoms with Gasteiger partial charge in [-0.3, -0.25) is 14.9 Å². The molecule has 1 aromatic carbocycles. The molecule has 0 spiro atoms. The van der Waals surface area contributed by atoms with Gasteiger partial charge in [0.2, 0.25) is 0 Å². The Labute approximate surface area is 134 Å². The van der Waals surface area contributed by atoms with Crippen LogP contribution >= 0.6 is 27.3 Å². The van der Waals surface area contributed by atoms with Crippen molar-refractivity contribution in [1.29, 1.82) is 0 Å². The monoisotopic (exact) mass is 368 g/mol. The average molecular weight is 369 g/mol. The summed E-state index contributed by atoms with van der Waals surface area (Å²) >= 11 is 4.93. The van der Waals surface area contributed by atoms with Crippen LogP contribution in [0.4, 0.5) is 5.69 Å². The van der Waals surface area contributed by atoms with Crippen LogP contribution in [-0.2, 0) is 6.54 Å². The molecule has 2 rings (SSSR count). The minimum Gasteiger partial charge on any atom is -0.337 e. The highest BCUT2D eigenvalue weighted by molar-refractivity contribution is 9.11. The van der Waals surface area contributed by atoms with E-state index in [0.29, 0.717) is 17.7 Å². The lowest BCUT2D eigenvalue weighted by Gasteiger charge is -2.16. The lowest BCUT2D eigenvalue weighted by Crippen LogP contribution is -2.25. The summed E-state index contributed by atoms with van der Waals surface area (Å²) in [6.45, 7) is 2.12. The molecule has 0 aliphatic heterocycles. The molecule has 0 saturated carbocycles. The summed E-state index contributed by atoms with van der Waals surface area (Å²) in [5.74, 6) is -0.234. The lowest BCUT2D eigenvalue weighted by atomic mass is 10.1. The first-order valence-electron chi connectivity index (χ1n) is 6.13. The summed E-state index contributed by atoms with van der Waals surface area (Å²) in [5, 5.41) is 10.9. The number of benzene rings is 1. The second kappa shape index (κ2) is 6.36. The van der Waals surface area contributed by atoms with E-state index in [9.17, 15) is 14.9 Å². The van der Waals surface area contributed by atoms with Crippen molar-refractivity contribution in [2.45, 2.75) is 13.5 Å². The summed E-state index contributed by atoms with van der Waals surface area (Å²) in [6, 6.07) is 8.41. The van der Waals surface area contributed by atoms with Gasteiger partial charge in [-0.05, 0) is 41.1 Å². The Hall–Kier alpha value is -1.73. The summed E-state index contributed by atoms with van der Waals surface area (Å²) in [6.07, 6.45) is 0. The van der Waals surface area contributed by atoms with Gasteiger partial charge in [0.25, 0.3) is 11.6 Å². The molecule has 0 fully saturated rings. The van der Waals surface area contributed by atoms with E-state index < -0.39 is 4.92 Å². The van der Waals surface area contributed by atoms with Crippen LogP contribution in [0.15, 0.2) is 34.1 Å². The number of halogens is 1. The van der Waals surface area contributed by atoms with Crippen molar-refractivity contribution in [3.63, 3.8) is 0 Å². The van der Waals surface area contributed by atoms with Crippen molar-refractivity contribution >= 4 is 38.9 Å². The van der Waals surface area contributed by atoms with E-state index >= 15 is 0 Å². The van der Waals surface area contributed by atoms with E-state index in [2.05, 4.69) is 15.9 Å². The molecule has 110 valence electrons. The van der Waals surface area contributed by atoms with Crippen molar-refractivity contribution in [2.24, 2.45) is 0 Å². The first kappa shape index (κ1) is 15.7. The second-order valence-electron chi connectivity index (χ2n) is 4.63. The van der Waals surface area contributed by atoms with Crippen molar-refractivity contribution in [2.75, 3.05) is 7.05 Å². The first-order chi connectivity index (χ1) is 9.88. The van der Waals surface area contributed by atoms with Crippen molar-refractivity contribution < 1.29 is 9.72 Å². The fourth-order valence-corrected chi connectivity index (χ4v) is 3.44. The highest BCUT2D eigenvalue weighted by atomic mass is 79.9. The number of carbonyl (C=O) groups is 1. The van der Waals surface area contributed by atoms with Gasteiger partial charge >= 0.3 is 0 Å². The average Bonchev–Trinajstić information content (AvgIpc) is 2.83. The Balaban J connectivity index is 2.19. The van der Waals surface area contributed by atoms with Gasteiger partial charge in [0, 0.05) is 29.1 Å². The van der Waals surface area contributed by atoms with Crippen molar-refractivity contribution in [1.82, 2.24) is 4.90 Å². The molecule has 0 saturated heterocycles. The van der Waals surface area contributed by atoms with Crippen LogP contribution in [-0.4, -0.2) is 22.8 Å². The lowest BCUT2D eigenvalue weighted by molar-refractivity contribution is -0.385. The summed E-state index contributed by atoms with van der Waals surface area (Å²) in [4.78, 5) is 25.4. The molecule has 1 amide bonds. The number of nitro groups is 1. The molecule has 1 aromatic heterocycles. The van der Waals surface area contributed by atoms with Crippen LogP contribution in [0.25, 0.3) is 0 Å². The zero-order valence-electron chi connectivity index (χ0n) is 11.5. The molecule has 0 N–H and O–H groups in total. The summed E-state index contributed by atoms with van der Waals surface area (Å²) in [5.41, 5.74) is 0.833. The molecule has 21 heavy (non-hydrogen) atoms. The molecule has 0 aliphatic rings. The Morgan fingerprint density at radius 1 is 1.38 bits per heavy atom. The largest absolute Gasteiger partial charge is 0.337 e. The van der Waals surface area contributed by atoms with Crippen molar-refractivity contribution in [3.05, 3.63) is 60.2 Å². The molecule has 0 radical (unpaired) electrons. The molecule has 2 aromatic rings. The van der Waals surface area contributed by atoms with E-state index in [1.807, 2.05) is 12.1 Å². The quantitative estimate of drug-likeness (QED) is 0.605. The van der Waals surface area contributed by atoms with Crippen LogP contribution in [0.1, 0.15) is 20.8 Å². The number of rotatable bonds is 4. The Bertz CT molecular complexity index is 699. The molecule has 0 bridgehead atoms. The summed E-state index contributed by atoms with van der Waals surface area (Å²) in [7, 11) is 1.68. The third kappa shape index (κ3) is 3.68. The third-order valence-electron chi connectivity index (χ3n) is 3.02. The molecule has 7 heteroatoms. The number of amides is 1. The zero-order chi connectivity index (χ0) is 15.6. The van der Waals surface area contributed by atoms with Crippen LogP contribution in [0.5, 0.6) is 0 Å². The van der Waals surface area contributed by atoms with E-state index in [4.69, 9.17) is 0 Å². The number of hydrogen-bond acceptors (Lipinski definition) is 4. The van der Waals surface area contributed by atoms with E-state index in [1.54, 1.807) is 42.3 Å². The van der Waals surface area contributed by atoms with Gasteiger partial charge in [0.05, 0.1) is 15.3 Å². The SMILES string of the molecule is Cc1ccc(C(=O)N(C)Cc2ccc(Br)s2)cc1[N+](=O)[O-]. The van der Waals surface area contributed by atoms with Gasteiger partial charge in [0.1, 0.15) is 0 Å². The molecular weight excluding hydrogens is 356 g/mol. The molecule has 0 atom stereocenters. The molecular formula is C14H13BrN2O3S. The van der Waals surface area contributed by atoms with Gasteiger partial charge < -0.3 is 4.90 Å². The van der Waals surface area contributed by atoms with Crippen LogP contribution in [0.2, 0.25) is 0 Å². The Kier molecular flexibility index (Phi) is 4.74. The maximum absolute atomic E-state index is 12.3. The smallest absolute Gasteiger partial charge is 0.273 e. The van der Waals surface area contributed by atoms with Gasteiger partial charge in [-0.1, -0.05) is 6.07 Å². The normalized spacial score (nSPS) is 10.4. The maximum Gasteiger partial charge on any atom is 0.273 e. The van der Waals surface area contributed by atoms with Crippen molar-refractivity contribution in [3.8, 4) is 0 Å². The maximum atomic E-state index is 12.3. The van der Waals surface area contributed by atoms with Crippen LogP contribution < -0.4 is 0 Å². The Morgan fingerprint density at radius 2 is 2.10 bits per heavy atom. The van der Waals surface area contributed by atoms with Gasteiger partial charge in [0.15, 0.2) is 0 Å². The van der Waals surface area contributed by atoms with E-state index in [0.717, 1.165) is 8.66 Å². The van der Waals surface area contributed by atoms with Gasteiger partial charge in [-0.25, -0.2) is 0 Å². The standard InChI is InChI=1S/C14H13BrN2O3S/c1-9-3-4-10(7-12(9)17(19)20)14(18)16(2)8-11-5-6-13(15)21-11/h3-7H,8H2,1-2H3. The third-order valence-corrected chi connectivity index (χ3v) is 4.63. The predicted octanol–water partition coefficient (Wildman–Crippen LogP) is 4.00. The number of carbonyl (C=O) groups excluding carboxylic acids is 1. The highest BCUT2D eigenvalue weighted by Crippen LogP contribution is 2.24. The molecule has 0 aliphatic carbocycles. The van der Waals surface area contributed by atoms with Crippen LogP contribution in [0.3, 0.4) is 0 Å².